The maximum absolute atomic E-state index is 3.45. The predicted octanol–water partition coefficient (Wildman–Crippen LogP) is 4.47. The van der Waals surface area contributed by atoms with E-state index in [-0.39, 0.29) is 0 Å². The Morgan fingerprint density at radius 1 is 1.14 bits per heavy atom. The average Bonchev–Trinajstić information content (AvgIpc) is 2.09. The molecule has 0 fully saturated rings. The first-order valence-corrected chi connectivity index (χ1v) is 9.49. The van der Waals surface area contributed by atoms with Crippen LogP contribution in [0.1, 0.15) is 46.0 Å². The van der Waals surface area contributed by atoms with Crippen molar-refractivity contribution in [2.45, 2.75) is 65.6 Å². The molecule has 14 heavy (non-hydrogen) atoms. The minimum Gasteiger partial charge on any atom is -0.132 e. The summed E-state index contributed by atoms with van der Waals surface area (Å²) < 4.78 is 0. The minimum absolute atomic E-state index is 0.846. The Balaban J connectivity index is 3.86. The summed E-state index contributed by atoms with van der Waals surface area (Å²) in [7, 11) is -1.13. The highest BCUT2D eigenvalue weighted by atomic mass is 28.3. The van der Waals surface area contributed by atoms with Crippen molar-refractivity contribution in [2.75, 3.05) is 0 Å². The lowest BCUT2D eigenvalue weighted by Gasteiger charge is -2.10. The van der Waals surface area contributed by atoms with Gasteiger partial charge < -0.3 is 0 Å². The van der Waals surface area contributed by atoms with Crippen molar-refractivity contribution in [1.82, 2.24) is 0 Å². The first-order valence-electron chi connectivity index (χ1n) is 5.99. The SMILES string of the molecule is CCCCC(CC)CC#C[Si](C)(C)C. The van der Waals surface area contributed by atoms with E-state index in [0.29, 0.717) is 0 Å². The Hall–Kier alpha value is -0.223. The number of rotatable bonds is 5. The smallest absolute Gasteiger partial charge is 0.129 e. The van der Waals surface area contributed by atoms with Crippen LogP contribution in [0.2, 0.25) is 19.6 Å². The van der Waals surface area contributed by atoms with Gasteiger partial charge in [0.15, 0.2) is 0 Å². The standard InChI is InChI=1S/C13H26Si/c1-6-8-10-13(7-2)11-9-12-14(3,4)5/h13H,6-8,10-11H2,1-5H3. The molecular formula is C13H26Si. The van der Waals surface area contributed by atoms with Crippen molar-refractivity contribution in [2.24, 2.45) is 5.92 Å². The largest absolute Gasteiger partial charge is 0.132 e. The van der Waals surface area contributed by atoms with Crippen molar-refractivity contribution >= 4 is 8.07 Å². The molecule has 0 N–H and O–H groups in total. The van der Waals surface area contributed by atoms with E-state index >= 15 is 0 Å². The van der Waals surface area contributed by atoms with Crippen molar-refractivity contribution in [3.8, 4) is 11.5 Å². The number of hydrogen-bond donors (Lipinski definition) is 0. The van der Waals surface area contributed by atoms with Gasteiger partial charge in [0.05, 0.1) is 0 Å². The van der Waals surface area contributed by atoms with Crippen LogP contribution in [-0.4, -0.2) is 8.07 Å². The van der Waals surface area contributed by atoms with Crippen molar-refractivity contribution in [1.29, 1.82) is 0 Å². The van der Waals surface area contributed by atoms with E-state index in [1.54, 1.807) is 0 Å². The summed E-state index contributed by atoms with van der Waals surface area (Å²) in [4.78, 5) is 0. The maximum atomic E-state index is 3.45. The molecule has 1 unspecified atom stereocenters. The topological polar surface area (TPSA) is 0 Å². The molecular weight excluding hydrogens is 184 g/mol. The molecule has 0 aromatic carbocycles. The molecule has 0 heterocycles. The van der Waals surface area contributed by atoms with E-state index in [4.69, 9.17) is 0 Å². The quantitative estimate of drug-likeness (QED) is 0.464. The fraction of sp³-hybridized carbons (Fsp3) is 0.846. The predicted molar refractivity (Wildman–Crippen MR) is 69.0 cm³/mol. The molecule has 1 heteroatoms. The minimum atomic E-state index is -1.13. The lowest BCUT2D eigenvalue weighted by molar-refractivity contribution is 0.462. The summed E-state index contributed by atoms with van der Waals surface area (Å²) in [5, 5.41) is 0. The molecule has 0 bridgehead atoms. The Kier molecular flexibility index (Phi) is 7.01. The lowest BCUT2D eigenvalue weighted by atomic mass is 9.96. The molecule has 0 rings (SSSR count). The third-order valence-corrected chi connectivity index (χ3v) is 3.32. The molecule has 82 valence electrons. The third-order valence-electron chi connectivity index (χ3n) is 2.40. The Bertz CT molecular complexity index is 190. The summed E-state index contributed by atoms with van der Waals surface area (Å²) in [5.41, 5.74) is 3.45. The lowest BCUT2D eigenvalue weighted by Crippen LogP contribution is -2.16. The summed E-state index contributed by atoms with van der Waals surface area (Å²) in [6.07, 6.45) is 6.47. The van der Waals surface area contributed by atoms with E-state index in [2.05, 4.69) is 45.0 Å². The van der Waals surface area contributed by atoms with Gasteiger partial charge >= 0.3 is 0 Å². The molecule has 0 aliphatic rings. The molecule has 0 saturated heterocycles. The van der Waals surface area contributed by atoms with Crippen LogP contribution in [0.3, 0.4) is 0 Å². The van der Waals surface area contributed by atoms with Gasteiger partial charge in [-0.25, -0.2) is 0 Å². The van der Waals surface area contributed by atoms with Crippen LogP contribution < -0.4 is 0 Å². The highest BCUT2D eigenvalue weighted by Gasteiger charge is 2.08. The van der Waals surface area contributed by atoms with E-state index in [1.165, 1.54) is 25.7 Å². The van der Waals surface area contributed by atoms with E-state index < -0.39 is 8.07 Å². The van der Waals surface area contributed by atoms with Crippen molar-refractivity contribution in [3.63, 3.8) is 0 Å². The molecule has 0 aromatic heterocycles. The monoisotopic (exact) mass is 210 g/mol. The average molecular weight is 210 g/mol. The Labute approximate surface area is 91.5 Å². The van der Waals surface area contributed by atoms with E-state index in [1.807, 2.05) is 0 Å². The highest BCUT2D eigenvalue weighted by molar-refractivity contribution is 6.83. The van der Waals surface area contributed by atoms with Crippen LogP contribution in [0.15, 0.2) is 0 Å². The van der Waals surface area contributed by atoms with Crippen molar-refractivity contribution < 1.29 is 0 Å². The van der Waals surface area contributed by atoms with Crippen LogP contribution in [0.4, 0.5) is 0 Å². The normalized spacial score (nSPS) is 13.2. The third kappa shape index (κ3) is 8.38. The molecule has 0 amide bonds. The van der Waals surface area contributed by atoms with Crippen LogP contribution in [0.25, 0.3) is 0 Å². The van der Waals surface area contributed by atoms with Gasteiger partial charge in [0.25, 0.3) is 0 Å². The molecule has 0 aromatic rings. The molecule has 0 aliphatic carbocycles. The summed E-state index contributed by atoms with van der Waals surface area (Å²) >= 11 is 0. The van der Waals surface area contributed by atoms with Gasteiger partial charge in [0, 0.05) is 6.42 Å². The van der Waals surface area contributed by atoms with Gasteiger partial charge in [-0.3, -0.25) is 0 Å². The van der Waals surface area contributed by atoms with Crippen LogP contribution in [0.5, 0.6) is 0 Å². The summed E-state index contributed by atoms with van der Waals surface area (Å²) in [6.45, 7) is 11.5. The molecule has 0 saturated carbocycles. The summed E-state index contributed by atoms with van der Waals surface area (Å²) in [6, 6.07) is 0. The zero-order valence-electron chi connectivity index (χ0n) is 10.6. The first kappa shape index (κ1) is 13.8. The van der Waals surface area contributed by atoms with Gasteiger partial charge in [0.1, 0.15) is 8.07 Å². The van der Waals surface area contributed by atoms with Gasteiger partial charge in [-0.1, -0.05) is 52.8 Å². The van der Waals surface area contributed by atoms with Crippen molar-refractivity contribution in [3.05, 3.63) is 0 Å². The van der Waals surface area contributed by atoms with Gasteiger partial charge in [-0.2, -0.15) is 0 Å². The van der Waals surface area contributed by atoms with Gasteiger partial charge in [-0.05, 0) is 12.3 Å². The van der Waals surface area contributed by atoms with Crippen LogP contribution in [0, 0.1) is 17.4 Å². The van der Waals surface area contributed by atoms with Crippen LogP contribution in [-0.2, 0) is 0 Å². The summed E-state index contributed by atoms with van der Waals surface area (Å²) in [5.74, 6) is 4.24. The zero-order valence-corrected chi connectivity index (χ0v) is 11.6. The Morgan fingerprint density at radius 3 is 2.21 bits per heavy atom. The van der Waals surface area contributed by atoms with Gasteiger partial charge in [-0.15, -0.1) is 11.5 Å². The molecule has 0 radical (unpaired) electrons. The second-order valence-corrected chi connectivity index (χ2v) is 9.92. The zero-order chi connectivity index (χ0) is 11.0. The second kappa shape index (κ2) is 7.12. The highest BCUT2D eigenvalue weighted by Crippen LogP contribution is 2.15. The van der Waals surface area contributed by atoms with Gasteiger partial charge in [0.2, 0.25) is 0 Å². The van der Waals surface area contributed by atoms with E-state index in [0.717, 1.165) is 12.3 Å². The van der Waals surface area contributed by atoms with Crippen LogP contribution >= 0.6 is 0 Å². The number of unbranched alkanes of at least 4 members (excludes halogenated alkanes) is 1. The molecule has 1 atom stereocenters. The fourth-order valence-electron chi connectivity index (χ4n) is 1.40. The molecule has 0 aliphatic heterocycles. The maximum Gasteiger partial charge on any atom is 0.129 e. The van der Waals surface area contributed by atoms with E-state index in [9.17, 15) is 0 Å². The fourth-order valence-corrected chi connectivity index (χ4v) is 2.04. The molecule has 0 nitrogen and oxygen atoms in total. The number of hydrogen-bond acceptors (Lipinski definition) is 0. The molecule has 0 spiro atoms. The first-order chi connectivity index (χ1) is 6.49. The second-order valence-electron chi connectivity index (χ2n) is 5.17. The Morgan fingerprint density at radius 2 is 1.79 bits per heavy atom.